The Balaban J connectivity index is 1.82. The zero-order chi connectivity index (χ0) is 15.3. The third-order valence-corrected chi connectivity index (χ3v) is 6.25. The van der Waals surface area contributed by atoms with Gasteiger partial charge in [0.1, 0.15) is 4.66 Å². The molecule has 1 aromatic heterocycles. The van der Waals surface area contributed by atoms with Crippen molar-refractivity contribution >= 4 is 31.9 Å². The number of sulfonamides is 1. The second-order valence-electron chi connectivity index (χ2n) is 5.05. The topological polar surface area (TPSA) is 79.4 Å². The van der Waals surface area contributed by atoms with Crippen molar-refractivity contribution < 1.29 is 13.2 Å². The lowest BCUT2D eigenvalue weighted by Crippen LogP contribution is -2.41. The molecule has 0 atom stereocenters. The zero-order valence-corrected chi connectivity index (χ0v) is 13.9. The average molecular weight is 376 g/mol. The van der Waals surface area contributed by atoms with Crippen LogP contribution in [0, 0.1) is 5.92 Å². The van der Waals surface area contributed by atoms with Crippen LogP contribution in [0.1, 0.15) is 23.2 Å². The third-order valence-electron chi connectivity index (χ3n) is 3.55. The minimum atomic E-state index is -3.21. The fourth-order valence-corrected chi connectivity index (χ4v) is 3.35. The Morgan fingerprint density at radius 2 is 2.14 bits per heavy atom. The van der Waals surface area contributed by atoms with Crippen LogP contribution in [0.2, 0.25) is 0 Å². The smallest absolute Gasteiger partial charge is 0.255 e. The molecular formula is C13H18BrN3O3S. The number of halogens is 1. The number of alkyl halides is 1. The summed E-state index contributed by atoms with van der Waals surface area (Å²) in [5, 5.41) is 0. The molecule has 1 fully saturated rings. The number of carbonyl (C=O) groups excluding carboxylic acids is 1. The van der Waals surface area contributed by atoms with E-state index < -0.39 is 10.0 Å². The Morgan fingerprint density at radius 1 is 1.43 bits per heavy atom. The highest BCUT2D eigenvalue weighted by Crippen LogP contribution is 2.18. The molecule has 0 saturated carbocycles. The number of pyridine rings is 1. The summed E-state index contributed by atoms with van der Waals surface area (Å²) in [7, 11) is -3.21. The normalized spacial score (nSPS) is 16.9. The van der Waals surface area contributed by atoms with Gasteiger partial charge in [-0.3, -0.25) is 9.78 Å². The van der Waals surface area contributed by atoms with Crippen LogP contribution in [-0.2, 0) is 10.0 Å². The molecule has 6 nitrogen and oxygen atoms in total. The number of nitrogens with zero attached hydrogens (tertiary/aromatic N) is 2. The van der Waals surface area contributed by atoms with Crippen LogP contribution in [0.5, 0.6) is 0 Å². The summed E-state index contributed by atoms with van der Waals surface area (Å²) < 4.78 is 25.2. The van der Waals surface area contributed by atoms with Gasteiger partial charge < -0.3 is 4.90 Å². The van der Waals surface area contributed by atoms with Gasteiger partial charge in [0.15, 0.2) is 0 Å². The molecule has 2 rings (SSSR count). The molecular weight excluding hydrogens is 358 g/mol. The molecule has 1 aromatic rings. The van der Waals surface area contributed by atoms with Crippen molar-refractivity contribution in [3.8, 4) is 0 Å². The van der Waals surface area contributed by atoms with E-state index in [-0.39, 0.29) is 16.5 Å². The Morgan fingerprint density at radius 3 is 2.71 bits per heavy atom. The Bertz CT molecular complexity index is 572. The van der Waals surface area contributed by atoms with Crippen LogP contribution in [0.15, 0.2) is 24.5 Å². The average Bonchev–Trinajstić information content (AvgIpc) is 2.54. The van der Waals surface area contributed by atoms with E-state index in [2.05, 4.69) is 25.6 Å². The van der Waals surface area contributed by atoms with E-state index in [1.807, 2.05) is 0 Å². The number of nitrogens with one attached hydrogen (secondary N) is 1. The van der Waals surface area contributed by atoms with Crippen LogP contribution < -0.4 is 4.72 Å². The second-order valence-corrected chi connectivity index (χ2v) is 8.16. The van der Waals surface area contributed by atoms with Gasteiger partial charge in [-0.05, 0) is 30.9 Å². The lowest BCUT2D eigenvalue weighted by atomic mass is 9.97. The molecule has 1 aliphatic rings. The lowest BCUT2D eigenvalue weighted by molar-refractivity contribution is 0.0691. The number of amides is 1. The SMILES string of the molecule is O=C(c1cccnc1)N1CCC(CNS(=O)(=O)CBr)CC1. The summed E-state index contributed by atoms with van der Waals surface area (Å²) in [5.41, 5.74) is 0.593. The van der Waals surface area contributed by atoms with Crippen LogP contribution in [0.25, 0.3) is 0 Å². The first-order chi connectivity index (χ1) is 10.0. The number of rotatable bonds is 5. The Kier molecular flexibility index (Phi) is 5.72. The maximum Gasteiger partial charge on any atom is 0.255 e. The van der Waals surface area contributed by atoms with Gasteiger partial charge in [-0.1, -0.05) is 15.9 Å². The highest BCUT2D eigenvalue weighted by molar-refractivity contribution is 9.10. The lowest BCUT2D eigenvalue weighted by Gasteiger charge is -2.32. The molecule has 116 valence electrons. The van der Waals surface area contributed by atoms with Gasteiger partial charge in [-0.2, -0.15) is 0 Å². The molecule has 0 radical (unpaired) electrons. The van der Waals surface area contributed by atoms with Crippen molar-refractivity contribution in [3.05, 3.63) is 30.1 Å². The second kappa shape index (κ2) is 7.33. The molecule has 2 heterocycles. The van der Waals surface area contributed by atoms with E-state index in [0.717, 1.165) is 12.8 Å². The standard InChI is InChI=1S/C13H18BrN3O3S/c14-10-21(19,20)16-8-11-3-6-17(7-4-11)13(18)12-2-1-5-15-9-12/h1-2,5,9,11,16H,3-4,6-8,10H2. The number of aromatic nitrogens is 1. The maximum atomic E-state index is 12.2. The van der Waals surface area contributed by atoms with E-state index in [9.17, 15) is 13.2 Å². The zero-order valence-electron chi connectivity index (χ0n) is 11.5. The quantitative estimate of drug-likeness (QED) is 0.784. The predicted molar refractivity (Wildman–Crippen MR) is 83.6 cm³/mol. The summed E-state index contributed by atoms with van der Waals surface area (Å²) in [6.45, 7) is 1.73. The molecule has 1 amide bonds. The van der Waals surface area contributed by atoms with E-state index >= 15 is 0 Å². The Labute approximate surface area is 133 Å². The summed E-state index contributed by atoms with van der Waals surface area (Å²) in [6, 6.07) is 3.50. The fraction of sp³-hybridized carbons (Fsp3) is 0.538. The van der Waals surface area contributed by atoms with Gasteiger partial charge in [0.25, 0.3) is 5.91 Å². The number of likely N-dealkylation sites (tertiary alicyclic amines) is 1. The van der Waals surface area contributed by atoms with Crippen molar-refractivity contribution in [3.63, 3.8) is 0 Å². The highest BCUT2D eigenvalue weighted by Gasteiger charge is 2.24. The molecule has 0 aromatic carbocycles. The Hall–Kier alpha value is -0.990. The molecule has 0 spiro atoms. The summed E-state index contributed by atoms with van der Waals surface area (Å²) in [6.07, 6.45) is 4.81. The minimum Gasteiger partial charge on any atom is -0.339 e. The van der Waals surface area contributed by atoms with Gasteiger partial charge in [0.2, 0.25) is 10.0 Å². The van der Waals surface area contributed by atoms with Gasteiger partial charge in [-0.15, -0.1) is 0 Å². The largest absolute Gasteiger partial charge is 0.339 e. The maximum absolute atomic E-state index is 12.2. The monoisotopic (exact) mass is 375 g/mol. The number of carbonyl (C=O) groups is 1. The number of hydrogen-bond donors (Lipinski definition) is 1. The van der Waals surface area contributed by atoms with Crippen molar-refractivity contribution in [1.82, 2.24) is 14.6 Å². The minimum absolute atomic E-state index is 0.0115. The summed E-state index contributed by atoms with van der Waals surface area (Å²) in [4.78, 5) is 18.0. The first-order valence-electron chi connectivity index (χ1n) is 6.74. The van der Waals surface area contributed by atoms with Crippen molar-refractivity contribution in [1.29, 1.82) is 0 Å². The van der Waals surface area contributed by atoms with Crippen molar-refractivity contribution in [2.45, 2.75) is 12.8 Å². The molecule has 1 N–H and O–H groups in total. The van der Waals surface area contributed by atoms with Crippen LogP contribution >= 0.6 is 15.9 Å². The van der Waals surface area contributed by atoms with E-state index in [4.69, 9.17) is 0 Å². The highest BCUT2D eigenvalue weighted by atomic mass is 79.9. The van der Waals surface area contributed by atoms with Crippen molar-refractivity contribution in [2.24, 2.45) is 5.92 Å². The molecule has 1 saturated heterocycles. The van der Waals surface area contributed by atoms with E-state index in [1.54, 1.807) is 29.4 Å². The van der Waals surface area contributed by atoms with Gasteiger partial charge in [0.05, 0.1) is 5.56 Å². The molecule has 8 heteroatoms. The number of hydrogen-bond acceptors (Lipinski definition) is 4. The van der Waals surface area contributed by atoms with E-state index in [0.29, 0.717) is 25.2 Å². The third kappa shape index (κ3) is 4.76. The molecule has 21 heavy (non-hydrogen) atoms. The molecule has 0 unspecified atom stereocenters. The molecule has 0 aliphatic carbocycles. The summed E-state index contributed by atoms with van der Waals surface area (Å²) >= 11 is 2.94. The van der Waals surface area contributed by atoms with Gasteiger partial charge in [0, 0.05) is 32.0 Å². The van der Waals surface area contributed by atoms with Gasteiger partial charge in [-0.25, -0.2) is 13.1 Å². The first-order valence-corrected chi connectivity index (χ1v) is 9.52. The van der Waals surface area contributed by atoms with E-state index in [1.165, 1.54) is 0 Å². The number of piperidine rings is 1. The first kappa shape index (κ1) is 16.4. The van der Waals surface area contributed by atoms with Crippen LogP contribution in [0.4, 0.5) is 0 Å². The molecule has 0 bridgehead atoms. The molecule has 1 aliphatic heterocycles. The van der Waals surface area contributed by atoms with Crippen molar-refractivity contribution in [2.75, 3.05) is 24.3 Å². The van der Waals surface area contributed by atoms with Crippen LogP contribution in [-0.4, -0.2) is 48.5 Å². The predicted octanol–water partition coefficient (Wildman–Crippen LogP) is 1.21. The summed E-state index contributed by atoms with van der Waals surface area (Å²) in [5.74, 6) is 0.263. The van der Waals surface area contributed by atoms with Crippen LogP contribution in [0.3, 0.4) is 0 Å². The van der Waals surface area contributed by atoms with Gasteiger partial charge >= 0.3 is 0 Å². The fourth-order valence-electron chi connectivity index (χ4n) is 2.30.